The molecule has 108 valence electrons. The standard InChI is InChI=1S/C16H23N3O/c1-12(2)11-20-15-7-5-6-14(8-15)9-17-16-10-18-19(4)13(16)3/h5-8,10,12,17H,9,11H2,1-4H3. The van der Waals surface area contributed by atoms with Gasteiger partial charge in [-0.15, -0.1) is 0 Å². The second kappa shape index (κ2) is 6.46. The molecule has 1 N–H and O–H groups in total. The summed E-state index contributed by atoms with van der Waals surface area (Å²) < 4.78 is 7.61. The lowest BCUT2D eigenvalue weighted by Crippen LogP contribution is -2.05. The molecule has 0 fully saturated rings. The van der Waals surface area contributed by atoms with Crippen LogP contribution in [-0.4, -0.2) is 16.4 Å². The van der Waals surface area contributed by atoms with Gasteiger partial charge in [-0.25, -0.2) is 0 Å². The third kappa shape index (κ3) is 3.76. The smallest absolute Gasteiger partial charge is 0.119 e. The molecule has 0 amide bonds. The molecule has 0 unspecified atom stereocenters. The summed E-state index contributed by atoms with van der Waals surface area (Å²) in [6.45, 7) is 7.87. The van der Waals surface area contributed by atoms with E-state index in [1.807, 2.05) is 30.1 Å². The number of hydrogen-bond donors (Lipinski definition) is 1. The molecule has 0 aliphatic rings. The molecule has 0 aliphatic carbocycles. The van der Waals surface area contributed by atoms with Crippen molar-refractivity contribution in [2.45, 2.75) is 27.3 Å². The molecule has 20 heavy (non-hydrogen) atoms. The molecule has 0 bridgehead atoms. The van der Waals surface area contributed by atoms with E-state index in [9.17, 15) is 0 Å². The fourth-order valence-electron chi connectivity index (χ4n) is 1.88. The van der Waals surface area contributed by atoms with Crippen molar-refractivity contribution in [1.29, 1.82) is 0 Å². The van der Waals surface area contributed by atoms with E-state index in [1.54, 1.807) is 0 Å². The molecule has 4 nitrogen and oxygen atoms in total. The Bertz CT molecular complexity index is 561. The Morgan fingerprint density at radius 2 is 2.15 bits per heavy atom. The van der Waals surface area contributed by atoms with Gasteiger partial charge in [-0.2, -0.15) is 5.10 Å². The zero-order valence-electron chi connectivity index (χ0n) is 12.7. The highest BCUT2D eigenvalue weighted by atomic mass is 16.5. The number of aryl methyl sites for hydroxylation is 1. The maximum Gasteiger partial charge on any atom is 0.119 e. The maximum atomic E-state index is 5.74. The van der Waals surface area contributed by atoms with Crippen LogP contribution in [0.25, 0.3) is 0 Å². The first kappa shape index (κ1) is 14.4. The molecule has 1 aromatic carbocycles. The highest BCUT2D eigenvalue weighted by Crippen LogP contribution is 2.17. The summed E-state index contributed by atoms with van der Waals surface area (Å²) in [5.74, 6) is 1.47. The van der Waals surface area contributed by atoms with E-state index >= 15 is 0 Å². The number of rotatable bonds is 6. The van der Waals surface area contributed by atoms with Gasteiger partial charge in [0.25, 0.3) is 0 Å². The number of nitrogens with one attached hydrogen (secondary N) is 1. The van der Waals surface area contributed by atoms with E-state index < -0.39 is 0 Å². The summed E-state index contributed by atoms with van der Waals surface area (Å²) in [5.41, 5.74) is 3.41. The third-order valence-electron chi connectivity index (χ3n) is 3.20. The SMILES string of the molecule is Cc1c(NCc2cccc(OCC(C)C)c2)cnn1C. The van der Waals surface area contributed by atoms with Gasteiger partial charge in [-0.3, -0.25) is 4.68 Å². The van der Waals surface area contributed by atoms with Crippen molar-refractivity contribution < 1.29 is 4.74 Å². The third-order valence-corrected chi connectivity index (χ3v) is 3.20. The molecule has 2 rings (SSSR count). The number of anilines is 1. The van der Waals surface area contributed by atoms with Crippen LogP contribution in [0.3, 0.4) is 0 Å². The number of hydrogen-bond acceptors (Lipinski definition) is 3. The van der Waals surface area contributed by atoms with E-state index in [1.165, 1.54) is 5.56 Å². The molecule has 0 saturated carbocycles. The molecular weight excluding hydrogens is 250 g/mol. The summed E-state index contributed by atoms with van der Waals surface area (Å²) in [6.07, 6.45) is 1.86. The number of aromatic nitrogens is 2. The van der Waals surface area contributed by atoms with E-state index in [-0.39, 0.29) is 0 Å². The Hall–Kier alpha value is -1.97. The van der Waals surface area contributed by atoms with Crippen molar-refractivity contribution in [3.05, 3.63) is 41.7 Å². The largest absolute Gasteiger partial charge is 0.493 e. The number of benzene rings is 1. The first-order valence-electron chi connectivity index (χ1n) is 7.00. The van der Waals surface area contributed by atoms with Crippen molar-refractivity contribution in [3.8, 4) is 5.75 Å². The molecule has 0 aliphatic heterocycles. The minimum atomic E-state index is 0.537. The van der Waals surface area contributed by atoms with Gasteiger partial charge in [0.05, 0.1) is 24.2 Å². The van der Waals surface area contributed by atoms with Crippen molar-refractivity contribution in [2.24, 2.45) is 13.0 Å². The van der Waals surface area contributed by atoms with Gasteiger partial charge in [-0.05, 0) is 30.5 Å². The molecule has 4 heteroatoms. The molecule has 0 saturated heterocycles. The highest BCUT2D eigenvalue weighted by Gasteiger charge is 2.04. The minimum Gasteiger partial charge on any atom is -0.493 e. The van der Waals surface area contributed by atoms with Crippen LogP contribution in [0.4, 0.5) is 5.69 Å². The summed E-state index contributed by atoms with van der Waals surface area (Å²) in [5, 5.41) is 7.63. The van der Waals surface area contributed by atoms with Crippen molar-refractivity contribution in [3.63, 3.8) is 0 Å². The zero-order valence-corrected chi connectivity index (χ0v) is 12.7. The summed E-state index contributed by atoms with van der Waals surface area (Å²) in [7, 11) is 1.95. The van der Waals surface area contributed by atoms with Gasteiger partial charge in [0.15, 0.2) is 0 Å². The quantitative estimate of drug-likeness (QED) is 0.877. The molecule has 0 spiro atoms. The average Bonchev–Trinajstić information content (AvgIpc) is 2.75. The van der Waals surface area contributed by atoms with Gasteiger partial charge < -0.3 is 10.1 Å². The maximum absolute atomic E-state index is 5.74. The zero-order chi connectivity index (χ0) is 14.5. The number of ether oxygens (including phenoxy) is 1. The second-order valence-electron chi connectivity index (χ2n) is 5.47. The van der Waals surface area contributed by atoms with Crippen molar-refractivity contribution in [1.82, 2.24) is 9.78 Å². The summed E-state index contributed by atoms with van der Waals surface area (Å²) in [4.78, 5) is 0. The molecular formula is C16H23N3O. The van der Waals surface area contributed by atoms with Gasteiger partial charge in [0, 0.05) is 13.6 Å². The van der Waals surface area contributed by atoms with Crippen LogP contribution in [0.2, 0.25) is 0 Å². The topological polar surface area (TPSA) is 39.1 Å². The first-order chi connectivity index (χ1) is 9.56. The Morgan fingerprint density at radius 1 is 1.35 bits per heavy atom. The van der Waals surface area contributed by atoms with Crippen LogP contribution in [0.1, 0.15) is 25.1 Å². The monoisotopic (exact) mass is 273 g/mol. The van der Waals surface area contributed by atoms with Crippen LogP contribution in [0.5, 0.6) is 5.75 Å². The Kier molecular flexibility index (Phi) is 4.66. The molecule has 0 atom stereocenters. The molecule has 1 aromatic heterocycles. The second-order valence-corrected chi connectivity index (χ2v) is 5.47. The fourth-order valence-corrected chi connectivity index (χ4v) is 1.88. The van der Waals surface area contributed by atoms with Crippen LogP contribution in [-0.2, 0) is 13.6 Å². The lowest BCUT2D eigenvalue weighted by Gasteiger charge is -2.11. The van der Waals surface area contributed by atoms with Crippen LogP contribution in [0.15, 0.2) is 30.5 Å². The highest BCUT2D eigenvalue weighted by molar-refractivity contribution is 5.46. The molecule has 1 heterocycles. The predicted molar refractivity (Wildman–Crippen MR) is 82.0 cm³/mol. The van der Waals surface area contributed by atoms with Gasteiger partial charge in [-0.1, -0.05) is 26.0 Å². The molecule has 2 aromatic rings. The molecule has 0 radical (unpaired) electrons. The Balaban J connectivity index is 1.96. The van der Waals surface area contributed by atoms with Crippen LogP contribution >= 0.6 is 0 Å². The van der Waals surface area contributed by atoms with Crippen molar-refractivity contribution in [2.75, 3.05) is 11.9 Å². The average molecular weight is 273 g/mol. The van der Waals surface area contributed by atoms with Crippen LogP contribution < -0.4 is 10.1 Å². The van der Waals surface area contributed by atoms with E-state index in [0.717, 1.165) is 30.3 Å². The lowest BCUT2D eigenvalue weighted by atomic mass is 10.2. The van der Waals surface area contributed by atoms with Crippen molar-refractivity contribution >= 4 is 5.69 Å². The Labute approximate surface area is 120 Å². The van der Waals surface area contributed by atoms with Gasteiger partial charge in [0.2, 0.25) is 0 Å². The summed E-state index contributed by atoms with van der Waals surface area (Å²) >= 11 is 0. The van der Waals surface area contributed by atoms with Gasteiger partial charge >= 0.3 is 0 Å². The summed E-state index contributed by atoms with van der Waals surface area (Å²) in [6, 6.07) is 8.21. The normalized spacial score (nSPS) is 10.8. The predicted octanol–water partition coefficient (Wildman–Crippen LogP) is 3.38. The minimum absolute atomic E-state index is 0.537. The van der Waals surface area contributed by atoms with E-state index in [4.69, 9.17) is 4.74 Å². The Morgan fingerprint density at radius 3 is 2.80 bits per heavy atom. The van der Waals surface area contributed by atoms with E-state index in [2.05, 4.69) is 43.3 Å². The van der Waals surface area contributed by atoms with Crippen LogP contribution in [0, 0.1) is 12.8 Å². The lowest BCUT2D eigenvalue weighted by molar-refractivity contribution is 0.271. The first-order valence-corrected chi connectivity index (χ1v) is 7.00. The van der Waals surface area contributed by atoms with E-state index in [0.29, 0.717) is 5.92 Å². The fraction of sp³-hybridized carbons (Fsp3) is 0.438. The van der Waals surface area contributed by atoms with Gasteiger partial charge in [0.1, 0.15) is 5.75 Å². The number of nitrogens with zero attached hydrogens (tertiary/aromatic N) is 2.